The largest absolute Gasteiger partial charge is 0.456 e. The summed E-state index contributed by atoms with van der Waals surface area (Å²) in [7, 11) is 0. The van der Waals surface area contributed by atoms with Gasteiger partial charge < -0.3 is 4.42 Å². The molecule has 6 aromatic rings. The van der Waals surface area contributed by atoms with Gasteiger partial charge in [-0.2, -0.15) is 0 Å². The van der Waals surface area contributed by atoms with Crippen molar-refractivity contribution in [3.63, 3.8) is 0 Å². The van der Waals surface area contributed by atoms with E-state index in [9.17, 15) is 0 Å². The Kier molecular flexibility index (Phi) is 3.81. The van der Waals surface area contributed by atoms with Gasteiger partial charge in [0.1, 0.15) is 16.0 Å². The molecule has 4 aromatic heterocycles. The number of aromatic nitrogens is 3. The van der Waals surface area contributed by atoms with Gasteiger partial charge in [-0.3, -0.25) is 0 Å². The third kappa shape index (κ3) is 2.65. The number of hydrogen-bond donors (Lipinski definition) is 0. The summed E-state index contributed by atoms with van der Waals surface area (Å²) in [4.78, 5) is 15.6. The first-order chi connectivity index (χ1) is 15.8. The van der Waals surface area contributed by atoms with Crippen molar-refractivity contribution >= 4 is 59.3 Å². The van der Waals surface area contributed by atoms with Crippen LogP contribution in [-0.4, -0.2) is 15.0 Å². The zero-order valence-corrected chi connectivity index (χ0v) is 17.9. The number of allylic oxidation sites excluding steroid dienone is 4. The topological polar surface area (TPSA) is 51.8 Å². The Labute approximate surface area is 187 Å². The maximum absolute atomic E-state index is 6.16. The van der Waals surface area contributed by atoms with Crippen molar-refractivity contribution in [2.24, 2.45) is 0 Å². The van der Waals surface area contributed by atoms with Gasteiger partial charge >= 0.3 is 0 Å². The quantitative estimate of drug-likeness (QED) is 0.284. The minimum atomic E-state index is 0.796. The second-order valence-electron chi connectivity index (χ2n) is 8.00. The molecule has 0 radical (unpaired) electrons. The number of hydrogen-bond acceptors (Lipinski definition) is 5. The van der Waals surface area contributed by atoms with Gasteiger partial charge in [-0.25, -0.2) is 15.0 Å². The van der Waals surface area contributed by atoms with Crippen molar-refractivity contribution in [1.29, 1.82) is 0 Å². The number of furan rings is 1. The number of para-hydroxylation sites is 1. The Balaban J connectivity index is 1.53. The van der Waals surface area contributed by atoms with Crippen LogP contribution >= 0.6 is 11.3 Å². The Morgan fingerprint density at radius 2 is 1.78 bits per heavy atom. The maximum Gasteiger partial charge on any atom is 0.156 e. The summed E-state index contributed by atoms with van der Waals surface area (Å²) in [6.07, 6.45) is 10.2. The van der Waals surface area contributed by atoms with Crippen molar-refractivity contribution in [1.82, 2.24) is 15.0 Å². The summed E-state index contributed by atoms with van der Waals surface area (Å²) in [5.74, 6) is 0.796. The number of pyridine rings is 1. The number of nitrogens with zero attached hydrogens (tertiary/aromatic N) is 3. The molecule has 4 nitrogen and oxygen atoms in total. The van der Waals surface area contributed by atoms with Crippen LogP contribution in [0.1, 0.15) is 18.7 Å². The second kappa shape index (κ2) is 6.84. The van der Waals surface area contributed by atoms with Gasteiger partial charge in [0.15, 0.2) is 5.82 Å². The van der Waals surface area contributed by atoms with Crippen LogP contribution in [0.4, 0.5) is 0 Å². The molecule has 0 fully saturated rings. The first-order valence-corrected chi connectivity index (χ1v) is 11.5. The molecule has 0 atom stereocenters. The van der Waals surface area contributed by atoms with E-state index < -0.39 is 0 Å². The van der Waals surface area contributed by atoms with Crippen molar-refractivity contribution in [3.8, 4) is 11.3 Å². The van der Waals surface area contributed by atoms with Crippen LogP contribution in [0.15, 0.2) is 83.4 Å². The lowest BCUT2D eigenvalue weighted by Crippen LogP contribution is -1.98. The van der Waals surface area contributed by atoms with Gasteiger partial charge in [0.25, 0.3) is 0 Å². The zero-order chi connectivity index (χ0) is 21.1. The lowest BCUT2D eigenvalue weighted by atomic mass is 10.0. The molecule has 0 amide bonds. The van der Waals surface area contributed by atoms with Crippen LogP contribution in [0.2, 0.25) is 0 Å². The number of rotatable bonds is 2. The van der Waals surface area contributed by atoms with Crippen LogP contribution in [0.3, 0.4) is 0 Å². The van der Waals surface area contributed by atoms with E-state index >= 15 is 0 Å². The first kappa shape index (κ1) is 17.8. The van der Waals surface area contributed by atoms with E-state index in [0.29, 0.717) is 0 Å². The number of thiophene rings is 1. The molecule has 152 valence electrons. The van der Waals surface area contributed by atoms with E-state index in [1.165, 1.54) is 5.57 Å². The van der Waals surface area contributed by atoms with E-state index in [-0.39, 0.29) is 0 Å². The summed E-state index contributed by atoms with van der Waals surface area (Å²) in [5, 5.41) is 3.33. The molecular formula is C27H17N3OS. The van der Waals surface area contributed by atoms with Gasteiger partial charge in [-0.1, -0.05) is 42.5 Å². The normalized spacial score (nSPS) is 14.1. The molecule has 1 aliphatic rings. The van der Waals surface area contributed by atoms with E-state index in [1.54, 1.807) is 11.3 Å². The second-order valence-corrected chi connectivity index (χ2v) is 9.00. The molecule has 0 aliphatic heterocycles. The lowest BCUT2D eigenvalue weighted by molar-refractivity contribution is 0.669. The summed E-state index contributed by atoms with van der Waals surface area (Å²) in [5.41, 5.74) is 5.88. The Morgan fingerprint density at radius 1 is 0.875 bits per heavy atom. The van der Waals surface area contributed by atoms with Crippen LogP contribution in [0.25, 0.3) is 59.2 Å². The molecule has 0 saturated carbocycles. The van der Waals surface area contributed by atoms with Crippen molar-refractivity contribution in [2.45, 2.75) is 12.8 Å². The third-order valence-corrected chi connectivity index (χ3v) is 7.15. The fourth-order valence-corrected chi connectivity index (χ4v) is 5.57. The van der Waals surface area contributed by atoms with Crippen LogP contribution in [0.5, 0.6) is 0 Å². The van der Waals surface area contributed by atoms with Crippen molar-refractivity contribution in [3.05, 3.63) is 84.8 Å². The zero-order valence-electron chi connectivity index (χ0n) is 17.1. The fourth-order valence-electron chi connectivity index (χ4n) is 4.48. The fraction of sp³-hybridized carbons (Fsp3) is 0.0741. The predicted molar refractivity (Wildman–Crippen MR) is 132 cm³/mol. The number of benzene rings is 2. The van der Waals surface area contributed by atoms with Gasteiger partial charge in [0.05, 0.1) is 15.9 Å². The predicted octanol–water partition coefficient (Wildman–Crippen LogP) is 7.54. The SMILES string of the molecule is C1=CCCC(c2nc(-c3ccc4c(c3)oc3ccccc34)c3sc4ncccc4c3n2)=C1. The third-order valence-electron chi connectivity index (χ3n) is 6.04. The Bertz CT molecular complexity index is 1740. The molecule has 1 aliphatic carbocycles. The van der Waals surface area contributed by atoms with Gasteiger partial charge in [-0.05, 0) is 48.7 Å². The molecule has 0 saturated heterocycles. The lowest BCUT2D eigenvalue weighted by Gasteiger charge is -2.10. The molecule has 0 bridgehead atoms. The van der Waals surface area contributed by atoms with Crippen LogP contribution < -0.4 is 0 Å². The van der Waals surface area contributed by atoms with Crippen molar-refractivity contribution < 1.29 is 4.42 Å². The first-order valence-electron chi connectivity index (χ1n) is 10.7. The van der Waals surface area contributed by atoms with Gasteiger partial charge in [0, 0.05) is 27.9 Å². The average molecular weight is 432 g/mol. The Hall–Kier alpha value is -3.83. The highest BCUT2D eigenvalue weighted by Gasteiger charge is 2.19. The standard InChI is InChI=1S/C27H17N3OS/c1-2-7-16(8-3-1)26-29-23(25-24(30-26)20-10-6-14-28-27(20)32-25)17-12-13-19-18-9-4-5-11-21(18)31-22(19)15-17/h1-2,4-7,9-15H,3,8H2. The summed E-state index contributed by atoms with van der Waals surface area (Å²) in [6.45, 7) is 0. The highest BCUT2D eigenvalue weighted by Crippen LogP contribution is 2.40. The molecule has 0 spiro atoms. The van der Waals surface area contributed by atoms with Gasteiger partial charge in [-0.15, -0.1) is 11.3 Å². The van der Waals surface area contributed by atoms with E-state index in [2.05, 4.69) is 53.5 Å². The number of fused-ring (bicyclic) bond motifs is 6. The molecule has 5 heteroatoms. The minimum absolute atomic E-state index is 0.796. The summed E-state index contributed by atoms with van der Waals surface area (Å²) in [6, 6.07) is 18.6. The average Bonchev–Trinajstić information content (AvgIpc) is 3.42. The van der Waals surface area contributed by atoms with Gasteiger partial charge in [0.2, 0.25) is 0 Å². The smallest absolute Gasteiger partial charge is 0.156 e. The van der Waals surface area contributed by atoms with Crippen LogP contribution in [0, 0.1) is 0 Å². The summed E-state index contributed by atoms with van der Waals surface area (Å²) >= 11 is 1.65. The van der Waals surface area contributed by atoms with Crippen LogP contribution in [-0.2, 0) is 0 Å². The molecule has 32 heavy (non-hydrogen) atoms. The molecule has 2 aromatic carbocycles. The van der Waals surface area contributed by atoms with E-state index in [4.69, 9.17) is 14.4 Å². The molecule has 0 N–H and O–H groups in total. The molecular weight excluding hydrogens is 414 g/mol. The molecule has 7 rings (SSSR count). The molecule has 4 heterocycles. The molecule has 0 unspecified atom stereocenters. The maximum atomic E-state index is 6.16. The monoisotopic (exact) mass is 431 g/mol. The van der Waals surface area contributed by atoms with E-state index in [0.717, 1.165) is 72.3 Å². The Morgan fingerprint density at radius 3 is 2.72 bits per heavy atom. The minimum Gasteiger partial charge on any atom is -0.456 e. The van der Waals surface area contributed by atoms with E-state index in [1.807, 2.05) is 30.5 Å². The van der Waals surface area contributed by atoms with Crippen molar-refractivity contribution in [2.75, 3.05) is 0 Å². The highest BCUT2D eigenvalue weighted by molar-refractivity contribution is 7.25. The highest BCUT2D eigenvalue weighted by atomic mass is 32.1. The summed E-state index contributed by atoms with van der Waals surface area (Å²) < 4.78 is 7.22.